The Morgan fingerprint density at radius 2 is 1.55 bits per heavy atom. The van der Waals surface area contributed by atoms with E-state index < -0.39 is 6.04 Å². The third-order valence-electron chi connectivity index (χ3n) is 3.56. The van der Waals surface area contributed by atoms with Crippen LogP contribution in [0.15, 0.2) is 60.7 Å². The van der Waals surface area contributed by atoms with Crippen LogP contribution in [0, 0.1) is 0 Å². The summed E-state index contributed by atoms with van der Waals surface area (Å²) in [6, 6.07) is 18.7. The quantitative estimate of drug-likeness (QED) is 0.850. The van der Waals surface area contributed by atoms with Gasteiger partial charge in [-0.1, -0.05) is 36.4 Å². The van der Waals surface area contributed by atoms with Crippen LogP contribution in [0.25, 0.3) is 0 Å². The maximum Gasteiger partial charge on any atom is 0.261 e. The van der Waals surface area contributed by atoms with Crippen LogP contribution in [0.5, 0.6) is 0 Å². The Labute approximate surface area is 128 Å². The number of hydrogen-bond acceptors (Lipinski definition) is 3. The number of hydrazine groups is 1. The summed E-state index contributed by atoms with van der Waals surface area (Å²) in [4.78, 5) is 23.7. The second-order valence-electron chi connectivity index (χ2n) is 5.14. The van der Waals surface area contributed by atoms with E-state index in [1.165, 1.54) is 0 Å². The van der Waals surface area contributed by atoms with Crippen LogP contribution in [0.4, 0.5) is 11.4 Å². The molecule has 2 aromatic rings. The lowest BCUT2D eigenvalue weighted by Crippen LogP contribution is -2.48. The van der Waals surface area contributed by atoms with Crippen molar-refractivity contribution in [2.75, 3.05) is 5.01 Å². The normalized spacial score (nSPS) is 16.9. The molecule has 1 aliphatic rings. The summed E-state index contributed by atoms with van der Waals surface area (Å²) in [7, 11) is 0. The molecule has 0 unspecified atom stereocenters. The van der Waals surface area contributed by atoms with E-state index in [4.69, 9.17) is 0 Å². The number of benzene rings is 2. The molecule has 3 rings (SSSR count). The molecule has 5 heteroatoms. The van der Waals surface area contributed by atoms with Crippen molar-refractivity contribution in [3.63, 3.8) is 0 Å². The number of hydrogen-bond donors (Lipinski definition) is 2. The number of nitrogens with zero attached hydrogens (tertiary/aromatic N) is 1. The topological polar surface area (TPSA) is 61.4 Å². The number of amides is 2. The summed E-state index contributed by atoms with van der Waals surface area (Å²) in [5, 5.41) is 4.41. The summed E-state index contributed by atoms with van der Waals surface area (Å²) < 4.78 is 0. The zero-order valence-corrected chi connectivity index (χ0v) is 12.0. The van der Waals surface area contributed by atoms with E-state index in [1.807, 2.05) is 60.7 Å². The van der Waals surface area contributed by atoms with Crippen molar-refractivity contribution in [2.45, 2.75) is 18.9 Å². The van der Waals surface area contributed by atoms with E-state index in [-0.39, 0.29) is 11.8 Å². The molecule has 0 spiro atoms. The first kappa shape index (κ1) is 14.1. The van der Waals surface area contributed by atoms with Crippen LogP contribution in [-0.4, -0.2) is 17.9 Å². The predicted octanol–water partition coefficient (Wildman–Crippen LogP) is 2.13. The highest BCUT2D eigenvalue weighted by molar-refractivity contribution is 5.92. The molecule has 22 heavy (non-hydrogen) atoms. The average molecular weight is 295 g/mol. The molecule has 1 heterocycles. The van der Waals surface area contributed by atoms with Crippen molar-refractivity contribution in [3.05, 3.63) is 60.7 Å². The van der Waals surface area contributed by atoms with Crippen molar-refractivity contribution >= 4 is 23.2 Å². The van der Waals surface area contributed by atoms with Crippen LogP contribution in [0.2, 0.25) is 0 Å². The van der Waals surface area contributed by atoms with Gasteiger partial charge in [0.2, 0.25) is 5.91 Å². The summed E-state index contributed by atoms with van der Waals surface area (Å²) in [5.74, 6) is -0.287. The van der Waals surface area contributed by atoms with Crippen LogP contribution in [-0.2, 0) is 9.59 Å². The lowest BCUT2D eigenvalue weighted by molar-refractivity contribution is -0.125. The van der Waals surface area contributed by atoms with E-state index in [2.05, 4.69) is 10.7 Å². The first-order chi connectivity index (χ1) is 10.7. The smallest absolute Gasteiger partial charge is 0.261 e. The summed E-state index contributed by atoms with van der Waals surface area (Å²) in [6.07, 6.45) is 0.927. The minimum absolute atomic E-state index is 0.0777. The van der Waals surface area contributed by atoms with Gasteiger partial charge in [0, 0.05) is 6.42 Å². The fourth-order valence-corrected chi connectivity index (χ4v) is 2.43. The highest BCUT2D eigenvalue weighted by atomic mass is 16.2. The van der Waals surface area contributed by atoms with Crippen molar-refractivity contribution in [1.29, 1.82) is 0 Å². The lowest BCUT2D eigenvalue weighted by atomic mass is 10.2. The number of rotatable bonds is 4. The van der Waals surface area contributed by atoms with E-state index >= 15 is 0 Å². The number of carbonyl (C=O) groups excluding carboxylic acids is 2. The Bertz CT molecular complexity index is 619. The molecule has 1 fully saturated rings. The van der Waals surface area contributed by atoms with Gasteiger partial charge in [0.15, 0.2) is 0 Å². The van der Waals surface area contributed by atoms with Gasteiger partial charge in [0.1, 0.15) is 6.04 Å². The molecule has 2 aromatic carbocycles. The lowest BCUT2D eigenvalue weighted by Gasteiger charge is -2.26. The third-order valence-corrected chi connectivity index (χ3v) is 3.56. The van der Waals surface area contributed by atoms with Gasteiger partial charge in [-0.2, -0.15) is 0 Å². The Morgan fingerprint density at radius 1 is 1.00 bits per heavy atom. The zero-order valence-electron chi connectivity index (χ0n) is 12.0. The summed E-state index contributed by atoms with van der Waals surface area (Å²) >= 11 is 0. The van der Waals surface area contributed by atoms with E-state index in [9.17, 15) is 9.59 Å². The number of anilines is 2. The maximum atomic E-state index is 12.4. The molecular formula is C17H17N3O2. The molecule has 1 saturated heterocycles. The van der Waals surface area contributed by atoms with Gasteiger partial charge in [-0.05, 0) is 30.7 Å². The molecule has 2 N–H and O–H groups in total. The Morgan fingerprint density at radius 3 is 2.00 bits per heavy atom. The van der Waals surface area contributed by atoms with Gasteiger partial charge < -0.3 is 5.32 Å². The van der Waals surface area contributed by atoms with E-state index in [0.717, 1.165) is 11.4 Å². The van der Waals surface area contributed by atoms with Gasteiger partial charge >= 0.3 is 0 Å². The van der Waals surface area contributed by atoms with E-state index in [1.54, 1.807) is 5.01 Å². The molecule has 112 valence electrons. The highest BCUT2D eigenvalue weighted by Crippen LogP contribution is 2.22. The van der Waals surface area contributed by atoms with Crippen molar-refractivity contribution in [1.82, 2.24) is 10.7 Å². The second kappa shape index (κ2) is 6.30. The van der Waals surface area contributed by atoms with Crippen LogP contribution >= 0.6 is 0 Å². The van der Waals surface area contributed by atoms with Crippen molar-refractivity contribution in [3.8, 4) is 0 Å². The molecule has 0 bridgehead atoms. The summed E-state index contributed by atoms with van der Waals surface area (Å²) in [5.41, 5.74) is 4.60. The predicted molar refractivity (Wildman–Crippen MR) is 84.3 cm³/mol. The fourth-order valence-electron chi connectivity index (χ4n) is 2.43. The van der Waals surface area contributed by atoms with Crippen LogP contribution in [0.3, 0.4) is 0 Å². The monoisotopic (exact) mass is 295 g/mol. The minimum atomic E-state index is -0.470. The highest BCUT2D eigenvalue weighted by Gasteiger charge is 2.28. The first-order valence-corrected chi connectivity index (χ1v) is 7.24. The number of nitrogens with one attached hydrogen (secondary N) is 2. The molecular weight excluding hydrogens is 278 g/mol. The minimum Gasteiger partial charge on any atom is -0.344 e. The number of carbonyl (C=O) groups is 2. The van der Waals surface area contributed by atoms with E-state index in [0.29, 0.717) is 12.8 Å². The van der Waals surface area contributed by atoms with Crippen molar-refractivity contribution < 1.29 is 9.59 Å². The van der Waals surface area contributed by atoms with Crippen LogP contribution in [0.1, 0.15) is 12.8 Å². The molecule has 0 radical (unpaired) electrons. The van der Waals surface area contributed by atoms with Gasteiger partial charge in [0.25, 0.3) is 5.91 Å². The summed E-state index contributed by atoms with van der Waals surface area (Å²) in [6.45, 7) is 0. The Balaban J connectivity index is 1.83. The Kier molecular flexibility index (Phi) is 4.05. The van der Waals surface area contributed by atoms with Gasteiger partial charge in [-0.15, -0.1) is 0 Å². The second-order valence-corrected chi connectivity index (χ2v) is 5.14. The first-order valence-electron chi connectivity index (χ1n) is 7.24. The van der Waals surface area contributed by atoms with Gasteiger partial charge in [0.05, 0.1) is 11.4 Å². The fraction of sp³-hybridized carbons (Fsp3) is 0.176. The third kappa shape index (κ3) is 3.09. The SMILES string of the molecule is O=C1CC[C@@H](C(=O)NN(c2ccccc2)c2ccccc2)N1. The molecule has 0 aliphatic carbocycles. The average Bonchev–Trinajstić information content (AvgIpc) is 3.01. The molecule has 5 nitrogen and oxygen atoms in total. The van der Waals surface area contributed by atoms with Gasteiger partial charge in [-0.3, -0.25) is 20.0 Å². The Hall–Kier alpha value is -2.82. The molecule has 1 aliphatic heterocycles. The largest absolute Gasteiger partial charge is 0.344 e. The number of para-hydroxylation sites is 2. The standard InChI is InChI=1S/C17H17N3O2/c21-16-12-11-15(18-16)17(22)19-20(13-7-3-1-4-8-13)14-9-5-2-6-10-14/h1-10,15H,11-12H2,(H,18,21)(H,19,22)/t15-/m0/s1. The zero-order chi connectivity index (χ0) is 15.4. The molecule has 0 saturated carbocycles. The van der Waals surface area contributed by atoms with Crippen LogP contribution < -0.4 is 15.8 Å². The molecule has 1 atom stereocenters. The van der Waals surface area contributed by atoms with Gasteiger partial charge in [-0.25, -0.2) is 0 Å². The maximum absolute atomic E-state index is 12.4. The molecule has 2 amide bonds. The molecule has 0 aromatic heterocycles. The van der Waals surface area contributed by atoms with Crippen molar-refractivity contribution in [2.24, 2.45) is 0 Å².